The molecule has 0 unspecified atom stereocenters. The van der Waals surface area contributed by atoms with Gasteiger partial charge in [-0.25, -0.2) is 9.97 Å². The van der Waals surface area contributed by atoms with E-state index >= 15 is 0 Å². The summed E-state index contributed by atoms with van der Waals surface area (Å²) in [6, 6.07) is 7.44. The van der Waals surface area contributed by atoms with Crippen LogP contribution in [0.1, 0.15) is 10.4 Å². The Labute approximate surface area is 182 Å². The lowest BCUT2D eigenvalue weighted by atomic mass is 10.2. The fraction of sp³-hybridized carbons (Fsp3) is 0.238. The second-order valence-electron chi connectivity index (χ2n) is 7.38. The topological polar surface area (TPSA) is 100 Å². The van der Waals surface area contributed by atoms with Crippen LogP contribution in [0.25, 0.3) is 21.5 Å². The Morgan fingerprint density at radius 1 is 1.00 bits per heavy atom. The highest BCUT2D eigenvalue weighted by Gasteiger charge is 2.16. The number of rotatable bonds is 4. The number of likely N-dealkylation sites (N-methyl/N-ethyl adjacent to an activating group) is 1. The number of hydrogen-bond donors (Lipinski definition) is 1. The number of amides is 1. The molecule has 1 fully saturated rings. The molecule has 1 amide bonds. The third-order valence-corrected chi connectivity index (χ3v) is 5.98. The lowest BCUT2D eigenvalue weighted by Gasteiger charge is -2.33. The van der Waals surface area contributed by atoms with Gasteiger partial charge < -0.3 is 15.1 Å². The standard InChI is InChI=1S/C21H20N8OS/c1-28-4-6-29(7-5-28)19-3-2-14(10-24-19)20(30)26-18-9-15-8-17(21-27-25-13-31-21)22-11-16(15)12-23-18/h2-3,8-13H,4-7H2,1H3,(H,23,26,30). The van der Waals surface area contributed by atoms with Crippen molar-refractivity contribution in [2.24, 2.45) is 0 Å². The van der Waals surface area contributed by atoms with E-state index in [1.807, 2.05) is 18.2 Å². The average Bonchev–Trinajstić information content (AvgIpc) is 3.34. The first kappa shape index (κ1) is 19.5. The zero-order valence-electron chi connectivity index (χ0n) is 16.9. The number of nitrogens with zero attached hydrogens (tertiary/aromatic N) is 7. The normalized spacial score (nSPS) is 14.7. The Bertz CT molecular complexity index is 1200. The lowest BCUT2D eigenvalue weighted by Crippen LogP contribution is -2.44. The highest BCUT2D eigenvalue weighted by Crippen LogP contribution is 2.24. The fourth-order valence-electron chi connectivity index (χ4n) is 3.44. The van der Waals surface area contributed by atoms with E-state index in [-0.39, 0.29) is 5.91 Å². The van der Waals surface area contributed by atoms with Crippen molar-refractivity contribution in [1.82, 2.24) is 30.0 Å². The van der Waals surface area contributed by atoms with Crippen LogP contribution in [0.2, 0.25) is 0 Å². The molecular formula is C21H20N8OS. The minimum Gasteiger partial charge on any atom is -0.354 e. The summed E-state index contributed by atoms with van der Waals surface area (Å²) in [5.41, 5.74) is 2.90. The van der Waals surface area contributed by atoms with Gasteiger partial charge in [0.15, 0.2) is 5.01 Å². The smallest absolute Gasteiger partial charge is 0.258 e. The maximum absolute atomic E-state index is 12.7. The Kier molecular flexibility index (Phi) is 5.23. The number of carbonyl (C=O) groups is 1. The summed E-state index contributed by atoms with van der Waals surface area (Å²) < 4.78 is 0. The van der Waals surface area contributed by atoms with Crippen LogP contribution in [0.15, 0.2) is 48.4 Å². The van der Waals surface area contributed by atoms with Gasteiger partial charge in [0, 0.05) is 50.2 Å². The van der Waals surface area contributed by atoms with Crippen LogP contribution >= 0.6 is 11.3 Å². The first-order valence-corrected chi connectivity index (χ1v) is 10.8. The fourth-order valence-corrected chi connectivity index (χ4v) is 3.96. The van der Waals surface area contributed by atoms with Crippen LogP contribution in [0.4, 0.5) is 11.6 Å². The molecule has 0 radical (unpaired) electrons. The summed E-state index contributed by atoms with van der Waals surface area (Å²) >= 11 is 1.43. The van der Waals surface area contributed by atoms with E-state index in [1.54, 1.807) is 30.2 Å². The maximum Gasteiger partial charge on any atom is 0.258 e. The number of aromatic nitrogens is 5. The Morgan fingerprint density at radius 3 is 2.58 bits per heavy atom. The van der Waals surface area contributed by atoms with E-state index in [0.717, 1.165) is 53.5 Å². The molecule has 9 nitrogen and oxygen atoms in total. The second-order valence-corrected chi connectivity index (χ2v) is 8.21. The van der Waals surface area contributed by atoms with Gasteiger partial charge in [-0.05, 0) is 36.7 Å². The van der Waals surface area contributed by atoms with Crippen molar-refractivity contribution in [3.63, 3.8) is 0 Å². The number of pyridine rings is 3. The zero-order chi connectivity index (χ0) is 21.2. The summed E-state index contributed by atoms with van der Waals surface area (Å²) in [5, 5.41) is 13.3. The second kappa shape index (κ2) is 8.32. The molecule has 5 rings (SSSR count). The van der Waals surface area contributed by atoms with E-state index in [0.29, 0.717) is 11.4 Å². The molecule has 156 valence electrons. The predicted octanol–water partition coefficient (Wildman–Crippen LogP) is 2.55. The van der Waals surface area contributed by atoms with Gasteiger partial charge in [-0.3, -0.25) is 9.78 Å². The first-order chi connectivity index (χ1) is 15.2. The minimum atomic E-state index is -0.248. The van der Waals surface area contributed by atoms with Gasteiger partial charge in [0.2, 0.25) is 0 Å². The van der Waals surface area contributed by atoms with Crippen LogP contribution in [0.3, 0.4) is 0 Å². The third-order valence-electron chi connectivity index (χ3n) is 5.26. The number of nitrogens with one attached hydrogen (secondary N) is 1. The van der Waals surface area contributed by atoms with E-state index in [4.69, 9.17) is 0 Å². The van der Waals surface area contributed by atoms with Crippen LogP contribution in [0, 0.1) is 0 Å². The van der Waals surface area contributed by atoms with E-state index < -0.39 is 0 Å². The average molecular weight is 433 g/mol. The summed E-state index contributed by atoms with van der Waals surface area (Å²) in [5.74, 6) is 1.11. The molecule has 1 saturated heterocycles. The number of hydrogen-bond acceptors (Lipinski definition) is 9. The molecule has 0 aliphatic carbocycles. The molecule has 0 atom stereocenters. The van der Waals surface area contributed by atoms with Gasteiger partial charge in [0.05, 0.1) is 5.56 Å². The quantitative estimate of drug-likeness (QED) is 0.525. The van der Waals surface area contributed by atoms with E-state index in [2.05, 4.69) is 47.3 Å². The van der Waals surface area contributed by atoms with Crippen molar-refractivity contribution < 1.29 is 4.79 Å². The van der Waals surface area contributed by atoms with Crippen LogP contribution in [0.5, 0.6) is 0 Å². The largest absolute Gasteiger partial charge is 0.354 e. The molecule has 1 aliphatic heterocycles. The summed E-state index contributed by atoms with van der Waals surface area (Å²) in [7, 11) is 2.12. The van der Waals surface area contributed by atoms with Crippen molar-refractivity contribution in [2.75, 3.05) is 43.4 Å². The zero-order valence-corrected chi connectivity index (χ0v) is 17.7. The molecule has 0 spiro atoms. The first-order valence-electron chi connectivity index (χ1n) is 9.89. The van der Waals surface area contributed by atoms with Crippen LogP contribution < -0.4 is 10.2 Å². The Morgan fingerprint density at radius 2 is 1.84 bits per heavy atom. The maximum atomic E-state index is 12.7. The van der Waals surface area contributed by atoms with Gasteiger partial charge >= 0.3 is 0 Å². The van der Waals surface area contributed by atoms with Crippen molar-refractivity contribution >= 4 is 39.7 Å². The van der Waals surface area contributed by atoms with Gasteiger partial charge in [0.1, 0.15) is 22.8 Å². The molecule has 0 saturated carbocycles. The third kappa shape index (κ3) is 4.21. The van der Waals surface area contributed by atoms with Crippen molar-refractivity contribution in [3.8, 4) is 10.7 Å². The molecule has 1 aliphatic rings. The molecule has 1 N–H and O–H groups in total. The number of fused-ring (bicyclic) bond motifs is 1. The van der Waals surface area contributed by atoms with Crippen LogP contribution in [-0.2, 0) is 0 Å². The van der Waals surface area contributed by atoms with Gasteiger partial charge in [0.25, 0.3) is 5.91 Å². The van der Waals surface area contributed by atoms with Gasteiger partial charge in [-0.15, -0.1) is 10.2 Å². The SMILES string of the molecule is CN1CCN(c2ccc(C(=O)Nc3cc4cc(-c5nncs5)ncc4cn3)cn2)CC1. The molecule has 0 aromatic carbocycles. The summed E-state index contributed by atoms with van der Waals surface area (Å²) in [6.45, 7) is 3.88. The summed E-state index contributed by atoms with van der Waals surface area (Å²) in [6.07, 6.45) is 5.05. The molecule has 0 bridgehead atoms. The lowest BCUT2D eigenvalue weighted by molar-refractivity contribution is 0.102. The molecule has 4 aromatic heterocycles. The van der Waals surface area contributed by atoms with Crippen LogP contribution in [-0.4, -0.2) is 69.2 Å². The molecule has 31 heavy (non-hydrogen) atoms. The highest BCUT2D eigenvalue weighted by molar-refractivity contribution is 7.12. The Hall–Kier alpha value is -3.50. The highest BCUT2D eigenvalue weighted by atomic mass is 32.1. The molecule has 5 heterocycles. The van der Waals surface area contributed by atoms with Gasteiger partial charge in [-0.1, -0.05) is 11.3 Å². The number of piperazine rings is 1. The summed E-state index contributed by atoms with van der Waals surface area (Å²) in [4.78, 5) is 30.4. The Balaban J connectivity index is 1.31. The van der Waals surface area contributed by atoms with E-state index in [9.17, 15) is 4.79 Å². The molecular weight excluding hydrogens is 412 g/mol. The minimum absolute atomic E-state index is 0.248. The van der Waals surface area contributed by atoms with Gasteiger partial charge in [-0.2, -0.15) is 0 Å². The monoisotopic (exact) mass is 432 g/mol. The molecule has 4 aromatic rings. The molecule has 10 heteroatoms. The van der Waals surface area contributed by atoms with Crippen molar-refractivity contribution in [2.45, 2.75) is 0 Å². The van der Waals surface area contributed by atoms with Crippen molar-refractivity contribution in [3.05, 3.63) is 53.9 Å². The van der Waals surface area contributed by atoms with E-state index in [1.165, 1.54) is 11.3 Å². The number of carbonyl (C=O) groups excluding carboxylic acids is 1. The number of anilines is 2. The van der Waals surface area contributed by atoms with Crippen molar-refractivity contribution in [1.29, 1.82) is 0 Å². The predicted molar refractivity (Wildman–Crippen MR) is 120 cm³/mol.